The van der Waals surface area contributed by atoms with Crippen molar-refractivity contribution in [3.05, 3.63) is 35.6 Å². The Balaban J connectivity index is 0.00000200. The zero-order valence-corrected chi connectivity index (χ0v) is 13.3. The van der Waals surface area contributed by atoms with E-state index in [1.54, 1.807) is 12.1 Å². The Labute approximate surface area is 128 Å². The third-order valence-electron chi connectivity index (χ3n) is 4.35. The highest BCUT2D eigenvalue weighted by atomic mass is 35.5. The summed E-state index contributed by atoms with van der Waals surface area (Å²) in [6, 6.07) is 7.34. The maximum absolute atomic E-state index is 12.9. The number of nitrogens with one attached hydrogen (secondary N) is 1. The minimum absolute atomic E-state index is 0. The van der Waals surface area contributed by atoms with E-state index in [2.05, 4.69) is 17.1 Å². The van der Waals surface area contributed by atoms with Crippen LogP contribution in [0, 0.1) is 11.7 Å². The van der Waals surface area contributed by atoms with Gasteiger partial charge in [0.2, 0.25) is 0 Å². The first kappa shape index (κ1) is 17.4. The van der Waals surface area contributed by atoms with Gasteiger partial charge >= 0.3 is 0 Å². The largest absolute Gasteiger partial charge is 0.320 e. The Morgan fingerprint density at radius 3 is 2.40 bits per heavy atom. The number of hydrogen-bond donors (Lipinski definition) is 1. The van der Waals surface area contributed by atoms with Gasteiger partial charge in [0.25, 0.3) is 0 Å². The lowest BCUT2D eigenvalue weighted by Gasteiger charge is -2.36. The monoisotopic (exact) mass is 300 g/mol. The van der Waals surface area contributed by atoms with Crippen LogP contribution >= 0.6 is 12.4 Å². The van der Waals surface area contributed by atoms with E-state index >= 15 is 0 Å². The first-order valence-corrected chi connectivity index (χ1v) is 7.35. The number of benzene rings is 1. The van der Waals surface area contributed by atoms with Crippen LogP contribution in [-0.4, -0.2) is 31.6 Å². The normalized spacial score (nSPS) is 18.6. The van der Waals surface area contributed by atoms with Crippen molar-refractivity contribution >= 4 is 12.4 Å². The van der Waals surface area contributed by atoms with Crippen LogP contribution in [0.2, 0.25) is 0 Å². The smallest absolute Gasteiger partial charge is 0.123 e. The average molecular weight is 301 g/mol. The van der Waals surface area contributed by atoms with Crippen LogP contribution in [0.15, 0.2) is 24.3 Å². The van der Waals surface area contributed by atoms with Gasteiger partial charge in [0, 0.05) is 6.04 Å². The minimum Gasteiger partial charge on any atom is -0.320 e. The summed E-state index contributed by atoms with van der Waals surface area (Å²) in [7, 11) is 2.02. The average Bonchev–Trinajstić information content (AvgIpc) is 2.46. The molecule has 0 saturated carbocycles. The standard InChI is InChI=1S/C16H25FN2.ClH/c1-13(15-3-5-16(17)6-4-15)19-11-8-14(9-12-19)7-10-18-2;/h3-6,13-14,18H,7-12H2,1-2H3;1H. The van der Waals surface area contributed by atoms with Crippen LogP contribution in [0.3, 0.4) is 0 Å². The number of nitrogens with zero attached hydrogens (tertiary/aromatic N) is 1. The maximum atomic E-state index is 12.9. The molecular formula is C16H26ClFN2. The van der Waals surface area contributed by atoms with Gasteiger partial charge in [-0.2, -0.15) is 0 Å². The molecule has 1 heterocycles. The second-order valence-electron chi connectivity index (χ2n) is 5.60. The fourth-order valence-electron chi connectivity index (χ4n) is 2.93. The molecule has 2 rings (SSSR count). The Kier molecular flexibility index (Phi) is 7.49. The van der Waals surface area contributed by atoms with E-state index in [-0.39, 0.29) is 18.2 Å². The highest BCUT2D eigenvalue weighted by Gasteiger charge is 2.23. The molecule has 1 fully saturated rings. The van der Waals surface area contributed by atoms with Gasteiger partial charge in [-0.05, 0) is 76.5 Å². The first-order chi connectivity index (χ1) is 9.20. The van der Waals surface area contributed by atoms with Crippen molar-refractivity contribution in [1.82, 2.24) is 10.2 Å². The van der Waals surface area contributed by atoms with E-state index in [1.807, 2.05) is 19.2 Å². The molecule has 1 aromatic rings. The molecule has 1 atom stereocenters. The van der Waals surface area contributed by atoms with Crippen molar-refractivity contribution in [2.45, 2.75) is 32.2 Å². The Morgan fingerprint density at radius 2 is 1.85 bits per heavy atom. The van der Waals surface area contributed by atoms with Crippen LogP contribution in [0.25, 0.3) is 0 Å². The summed E-state index contributed by atoms with van der Waals surface area (Å²) in [5.74, 6) is 0.714. The molecule has 0 bridgehead atoms. The minimum atomic E-state index is -0.151. The Morgan fingerprint density at radius 1 is 1.25 bits per heavy atom. The molecule has 0 aromatic heterocycles. The van der Waals surface area contributed by atoms with Crippen LogP contribution in [0.4, 0.5) is 4.39 Å². The van der Waals surface area contributed by atoms with Gasteiger partial charge in [-0.1, -0.05) is 12.1 Å². The number of halogens is 2. The third-order valence-corrected chi connectivity index (χ3v) is 4.35. The van der Waals surface area contributed by atoms with Gasteiger partial charge < -0.3 is 5.32 Å². The Hall–Kier alpha value is -0.640. The lowest BCUT2D eigenvalue weighted by atomic mass is 9.92. The number of likely N-dealkylation sites (tertiary alicyclic amines) is 1. The van der Waals surface area contributed by atoms with E-state index in [0.29, 0.717) is 6.04 Å². The van der Waals surface area contributed by atoms with Crippen molar-refractivity contribution in [3.63, 3.8) is 0 Å². The zero-order valence-electron chi connectivity index (χ0n) is 12.4. The van der Waals surface area contributed by atoms with Crippen LogP contribution in [0.1, 0.15) is 37.8 Å². The molecule has 0 amide bonds. The SMILES string of the molecule is CNCCC1CCN(C(C)c2ccc(F)cc2)CC1.Cl. The van der Waals surface area contributed by atoms with E-state index < -0.39 is 0 Å². The molecule has 1 aromatic carbocycles. The predicted molar refractivity (Wildman–Crippen MR) is 84.9 cm³/mol. The summed E-state index contributed by atoms with van der Waals surface area (Å²) < 4.78 is 12.9. The third kappa shape index (κ3) is 4.72. The summed E-state index contributed by atoms with van der Waals surface area (Å²) in [5, 5.41) is 3.23. The first-order valence-electron chi connectivity index (χ1n) is 7.35. The van der Waals surface area contributed by atoms with Crippen molar-refractivity contribution in [3.8, 4) is 0 Å². The molecule has 1 aliphatic rings. The van der Waals surface area contributed by atoms with Gasteiger partial charge in [-0.25, -0.2) is 4.39 Å². The van der Waals surface area contributed by atoms with Crippen LogP contribution in [0.5, 0.6) is 0 Å². The van der Waals surface area contributed by atoms with Gasteiger partial charge in [-0.3, -0.25) is 4.90 Å². The molecule has 0 aliphatic carbocycles. The van der Waals surface area contributed by atoms with E-state index in [0.717, 1.165) is 25.6 Å². The van der Waals surface area contributed by atoms with Crippen molar-refractivity contribution < 1.29 is 4.39 Å². The van der Waals surface area contributed by atoms with E-state index in [1.165, 1.54) is 24.8 Å². The summed E-state index contributed by atoms with van der Waals surface area (Å²) in [5.41, 5.74) is 1.22. The summed E-state index contributed by atoms with van der Waals surface area (Å²) in [6.07, 6.45) is 3.86. The molecule has 1 unspecified atom stereocenters. The van der Waals surface area contributed by atoms with Gasteiger partial charge in [0.1, 0.15) is 5.82 Å². The van der Waals surface area contributed by atoms with Crippen LogP contribution < -0.4 is 5.32 Å². The number of rotatable bonds is 5. The topological polar surface area (TPSA) is 15.3 Å². The second kappa shape index (κ2) is 8.60. The predicted octanol–water partition coefficient (Wildman–Crippen LogP) is 3.63. The van der Waals surface area contributed by atoms with Gasteiger partial charge in [-0.15, -0.1) is 12.4 Å². The zero-order chi connectivity index (χ0) is 13.7. The maximum Gasteiger partial charge on any atom is 0.123 e. The molecule has 114 valence electrons. The molecule has 1 saturated heterocycles. The van der Waals surface area contributed by atoms with Crippen molar-refractivity contribution in [2.24, 2.45) is 5.92 Å². The second-order valence-corrected chi connectivity index (χ2v) is 5.60. The molecule has 4 heteroatoms. The fraction of sp³-hybridized carbons (Fsp3) is 0.625. The van der Waals surface area contributed by atoms with Crippen molar-refractivity contribution in [2.75, 3.05) is 26.7 Å². The fourth-order valence-corrected chi connectivity index (χ4v) is 2.93. The quantitative estimate of drug-likeness (QED) is 0.893. The molecule has 0 spiro atoms. The molecule has 20 heavy (non-hydrogen) atoms. The summed E-state index contributed by atoms with van der Waals surface area (Å²) >= 11 is 0. The molecule has 0 radical (unpaired) electrons. The van der Waals surface area contributed by atoms with Crippen molar-refractivity contribution in [1.29, 1.82) is 0 Å². The van der Waals surface area contributed by atoms with Gasteiger partial charge in [0.05, 0.1) is 0 Å². The van der Waals surface area contributed by atoms with Gasteiger partial charge in [0.15, 0.2) is 0 Å². The van der Waals surface area contributed by atoms with E-state index in [4.69, 9.17) is 0 Å². The highest BCUT2D eigenvalue weighted by molar-refractivity contribution is 5.85. The highest BCUT2D eigenvalue weighted by Crippen LogP contribution is 2.27. The lowest BCUT2D eigenvalue weighted by molar-refractivity contribution is 0.137. The molecule has 1 N–H and O–H groups in total. The number of hydrogen-bond acceptors (Lipinski definition) is 2. The summed E-state index contributed by atoms with van der Waals surface area (Å²) in [6.45, 7) is 5.67. The van der Waals surface area contributed by atoms with E-state index in [9.17, 15) is 4.39 Å². The molecular weight excluding hydrogens is 275 g/mol. The molecule has 1 aliphatic heterocycles. The lowest BCUT2D eigenvalue weighted by Crippen LogP contribution is -2.36. The van der Waals surface area contributed by atoms with Crippen LogP contribution in [-0.2, 0) is 0 Å². The summed E-state index contributed by atoms with van der Waals surface area (Å²) in [4.78, 5) is 2.52. The Bertz CT molecular complexity index is 375. The number of piperidine rings is 1. The molecule has 2 nitrogen and oxygen atoms in total.